The molecule has 3 aromatic rings. The van der Waals surface area contributed by atoms with Crippen LogP contribution in [0.15, 0.2) is 51.9 Å². The lowest BCUT2D eigenvalue weighted by Crippen LogP contribution is -2.29. The summed E-state index contributed by atoms with van der Waals surface area (Å²) in [4.78, 5) is 17.2. The zero-order chi connectivity index (χ0) is 22.0. The summed E-state index contributed by atoms with van der Waals surface area (Å²) in [5.41, 5.74) is 2.90. The highest BCUT2D eigenvalue weighted by atomic mass is 32.2. The van der Waals surface area contributed by atoms with E-state index in [9.17, 15) is 13.2 Å². The van der Waals surface area contributed by atoms with Crippen molar-refractivity contribution in [1.29, 1.82) is 0 Å². The number of carbonyl (C=O) groups is 1. The molecule has 162 valence electrons. The second-order valence-electron chi connectivity index (χ2n) is 7.65. The van der Waals surface area contributed by atoms with Gasteiger partial charge in [0.15, 0.2) is 0 Å². The van der Waals surface area contributed by atoms with E-state index in [1.165, 1.54) is 10.4 Å². The Morgan fingerprint density at radius 2 is 1.90 bits per heavy atom. The Balaban J connectivity index is 1.48. The highest BCUT2D eigenvalue weighted by Crippen LogP contribution is 2.23. The van der Waals surface area contributed by atoms with Crippen molar-refractivity contribution in [2.45, 2.75) is 38.1 Å². The molecule has 1 fully saturated rings. The van der Waals surface area contributed by atoms with Gasteiger partial charge in [0.05, 0.1) is 11.4 Å². The van der Waals surface area contributed by atoms with Gasteiger partial charge in [-0.2, -0.15) is 9.29 Å². The summed E-state index contributed by atoms with van der Waals surface area (Å²) < 4.78 is 32.4. The zero-order valence-electron chi connectivity index (χ0n) is 17.5. The lowest BCUT2D eigenvalue weighted by Gasteiger charge is -2.16. The summed E-state index contributed by atoms with van der Waals surface area (Å²) in [5.74, 6) is 0.317. The number of sulfonamides is 1. The average molecular weight is 441 g/mol. The number of aromatic nitrogens is 2. The summed E-state index contributed by atoms with van der Waals surface area (Å²) in [6.07, 6.45) is 1.71. The zero-order valence-corrected chi connectivity index (χ0v) is 18.3. The molecule has 0 bridgehead atoms. The SMILES string of the molecule is Cc1cccc(-c2noc(CNC(=O)c3cc(S(=O)(=O)N4CCCC4)ccc3C)n2)c1. The molecule has 1 saturated heterocycles. The number of hydrogen-bond acceptors (Lipinski definition) is 6. The van der Waals surface area contributed by atoms with Crippen LogP contribution >= 0.6 is 0 Å². The van der Waals surface area contributed by atoms with Gasteiger partial charge in [-0.05, 0) is 50.5 Å². The van der Waals surface area contributed by atoms with Gasteiger partial charge in [-0.15, -0.1) is 0 Å². The number of benzene rings is 2. The predicted octanol–water partition coefficient (Wildman–Crippen LogP) is 3.07. The number of hydrogen-bond donors (Lipinski definition) is 1. The number of rotatable bonds is 6. The molecular weight excluding hydrogens is 416 g/mol. The van der Waals surface area contributed by atoms with Crippen molar-refractivity contribution in [2.75, 3.05) is 13.1 Å². The Morgan fingerprint density at radius 1 is 1.13 bits per heavy atom. The lowest BCUT2D eigenvalue weighted by molar-refractivity contribution is 0.0945. The molecule has 2 heterocycles. The van der Waals surface area contributed by atoms with Crippen molar-refractivity contribution in [3.63, 3.8) is 0 Å². The molecule has 4 rings (SSSR count). The average Bonchev–Trinajstić information content (AvgIpc) is 3.45. The van der Waals surface area contributed by atoms with Crippen molar-refractivity contribution in [3.05, 3.63) is 65.0 Å². The fourth-order valence-electron chi connectivity index (χ4n) is 3.56. The van der Waals surface area contributed by atoms with Gasteiger partial charge in [-0.1, -0.05) is 35.0 Å². The quantitative estimate of drug-likeness (QED) is 0.632. The van der Waals surface area contributed by atoms with E-state index in [-0.39, 0.29) is 17.3 Å². The molecule has 0 spiro atoms. The Kier molecular flexibility index (Phi) is 5.88. The van der Waals surface area contributed by atoms with Gasteiger partial charge in [-0.3, -0.25) is 4.79 Å². The first-order chi connectivity index (χ1) is 14.8. The monoisotopic (exact) mass is 440 g/mol. The van der Waals surface area contributed by atoms with E-state index in [2.05, 4.69) is 15.5 Å². The van der Waals surface area contributed by atoms with Crippen LogP contribution in [-0.2, 0) is 16.6 Å². The highest BCUT2D eigenvalue weighted by molar-refractivity contribution is 7.89. The summed E-state index contributed by atoms with van der Waals surface area (Å²) in [7, 11) is -3.60. The summed E-state index contributed by atoms with van der Waals surface area (Å²) >= 11 is 0. The molecule has 8 nitrogen and oxygen atoms in total. The predicted molar refractivity (Wildman–Crippen MR) is 115 cm³/mol. The molecular formula is C22H24N4O4S. The fraction of sp³-hybridized carbons (Fsp3) is 0.318. The van der Waals surface area contributed by atoms with Gasteiger partial charge in [0.1, 0.15) is 0 Å². The van der Waals surface area contributed by atoms with Crippen LogP contribution < -0.4 is 5.32 Å². The van der Waals surface area contributed by atoms with Gasteiger partial charge < -0.3 is 9.84 Å². The molecule has 1 aliphatic rings. The van der Waals surface area contributed by atoms with E-state index in [0.717, 1.165) is 24.0 Å². The maximum atomic E-state index is 12.8. The van der Waals surface area contributed by atoms with Gasteiger partial charge in [-0.25, -0.2) is 8.42 Å². The van der Waals surface area contributed by atoms with Crippen LogP contribution in [0.5, 0.6) is 0 Å². The van der Waals surface area contributed by atoms with Crippen molar-refractivity contribution in [1.82, 2.24) is 19.8 Å². The minimum atomic E-state index is -3.60. The largest absolute Gasteiger partial charge is 0.343 e. The Hall–Kier alpha value is -3.04. The summed E-state index contributed by atoms with van der Waals surface area (Å²) in [5, 5.41) is 6.70. The summed E-state index contributed by atoms with van der Waals surface area (Å²) in [6.45, 7) is 4.81. The molecule has 1 N–H and O–H groups in total. The van der Waals surface area contributed by atoms with Crippen LogP contribution in [0.1, 0.15) is 40.2 Å². The molecule has 2 aromatic carbocycles. The van der Waals surface area contributed by atoms with Gasteiger partial charge in [0.25, 0.3) is 5.91 Å². The van der Waals surface area contributed by atoms with Crippen LogP contribution in [0, 0.1) is 13.8 Å². The summed E-state index contributed by atoms with van der Waals surface area (Å²) in [6, 6.07) is 12.4. The molecule has 0 aliphatic carbocycles. The first-order valence-corrected chi connectivity index (χ1v) is 11.6. The topological polar surface area (TPSA) is 105 Å². The van der Waals surface area contributed by atoms with E-state index < -0.39 is 15.9 Å². The molecule has 0 atom stereocenters. The van der Waals surface area contributed by atoms with E-state index in [1.54, 1.807) is 19.1 Å². The van der Waals surface area contributed by atoms with Gasteiger partial charge in [0, 0.05) is 24.2 Å². The van der Waals surface area contributed by atoms with Crippen LogP contribution in [0.25, 0.3) is 11.4 Å². The first-order valence-electron chi connectivity index (χ1n) is 10.1. The lowest BCUT2D eigenvalue weighted by atomic mass is 10.1. The van der Waals surface area contributed by atoms with Crippen molar-refractivity contribution in [2.24, 2.45) is 0 Å². The van der Waals surface area contributed by atoms with Crippen molar-refractivity contribution < 1.29 is 17.7 Å². The minimum Gasteiger partial charge on any atom is -0.343 e. The molecule has 0 saturated carbocycles. The third-order valence-corrected chi connectivity index (χ3v) is 7.20. The Morgan fingerprint density at radius 3 is 2.65 bits per heavy atom. The standard InChI is InChI=1S/C22H24N4O4S/c1-15-6-5-7-17(12-15)21-24-20(30-25-21)14-23-22(27)19-13-18(9-8-16(19)2)31(28,29)26-10-3-4-11-26/h5-9,12-13H,3-4,10-11,14H2,1-2H3,(H,23,27). The van der Waals surface area contributed by atoms with E-state index in [4.69, 9.17) is 4.52 Å². The van der Waals surface area contributed by atoms with Crippen LogP contribution in [0.3, 0.4) is 0 Å². The normalized spacial score (nSPS) is 14.6. The first kappa shape index (κ1) is 21.2. The van der Waals surface area contributed by atoms with Gasteiger partial charge in [0.2, 0.25) is 21.7 Å². The fourth-order valence-corrected chi connectivity index (χ4v) is 5.11. The molecule has 0 unspecified atom stereocenters. The number of aryl methyl sites for hydroxylation is 2. The number of nitrogens with zero attached hydrogens (tertiary/aromatic N) is 3. The third kappa shape index (κ3) is 4.52. The van der Waals surface area contributed by atoms with Crippen LogP contribution in [-0.4, -0.2) is 41.9 Å². The second-order valence-corrected chi connectivity index (χ2v) is 9.59. The number of carbonyl (C=O) groups excluding carboxylic acids is 1. The molecule has 31 heavy (non-hydrogen) atoms. The molecule has 0 radical (unpaired) electrons. The highest BCUT2D eigenvalue weighted by Gasteiger charge is 2.28. The number of nitrogens with one attached hydrogen (secondary N) is 1. The molecule has 1 amide bonds. The number of amides is 1. The second kappa shape index (κ2) is 8.60. The Bertz CT molecular complexity index is 1210. The van der Waals surface area contributed by atoms with E-state index in [1.807, 2.05) is 31.2 Å². The molecule has 1 aromatic heterocycles. The van der Waals surface area contributed by atoms with Crippen molar-refractivity contribution >= 4 is 15.9 Å². The smallest absolute Gasteiger partial charge is 0.252 e. The van der Waals surface area contributed by atoms with Crippen molar-refractivity contribution in [3.8, 4) is 11.4 Å². The van der Waals surface area contributed by atoms with E-state index in [0.29, 0.717) is 30.0 Å². The van der Waals surface area contributed by atoms with E-state index >= 15 is 0 Å². The molecule has 9 heteroatoms. The maximum absolute atomic E-state index is 12.8. The van der Waals surface area contributed by atoms with Crippen LogP contribution in [0.2, 0.25) is 0 Å². The third-order valence-electron chi connectivity index (χ3n) is 5.30. The minimum absolute atomic E-state index is 0.0419. The van der Waals surface area contributed by atoms with Crippen LogP contribution in [0.4, 0.5) is 0 Å². The Labute approximate surface area is 181 Å². The van der Waals surface area contributed by atoms with Gasteiger partial charge >= 0.3 is 0 Å². The maximum Gasteiger partial charge on any atom is 0.252 e. The molecule has 1 aliphatic heterocycles.